The van der Waals surface area contributed by atoms with Crippen molar-refractivity contribution in [1.82, 2.24) is 15.0 Å². The summed E-state index contributed by atoms with van der Waals surface area (Å²) in [6.07, 6.45) is 2.77. The van der Waals surface area contributed by atoms with Crippen molar-refractivity contribution in [3.05, 3.63) is 41.2 Å². The predicted octanol–water partition coefficient (Wildman–Crippen LogP) is 3.13. The molecule has 19 heavy (non-hydrogen) atoms. The first kappa shape index (κ1) is 14.4. The minimum absolute atomic E-state index is 0.0674. The zero-order valence-corrected chi connectivity index (χ0v) is 12.4. The molecule has 6 heteroatoms. The van der Waals surface area contributed by atoms with Crippen molar-refractivity contribution in [1.29, 1.82) is 0 Å². The van der Waals surface area contributed by atoms with Crippen LogP contribution in [0.15, 0.2) is 35.4 Å². The maximum atomic E-state index is 6.20. The molecule has 0 amide bonds. The van der Waals surface area contributed by atoms with E-state index in [1.54, 1.807) is 18.0 Å². The van der Waals surface area contributed by atoms with Crippen LogP contribution in [0.2, 0.25) is 5.02 Å². The molecule has 0 fully saturated rings. The summed E-state index contributed by atoms with van der Waals surface area (Å²) >= 11 is 7.57. The highest BCUT2D eigenvalue weighted by atomic mass is 35.5. The van der Waals surface area contributed by atoms with Crippen LogP contribution in [0.5, 0.6) is 0 Å². The molecule has 1 unspecified atom stereocenters. The fourth-order valence-electron chi connectivity index (χ4n) is 1.74. The topological polar surface area (TPSA) is 56.7 Å². The average Bonchev–Trinajstić information content (AvgIpc) is 2.86. The van der Waals surface area contributed by atoms with E-state index in [-0.39, 0.29) is 6.04 Å². The van der Waals surface area contributed by atoms with Gasteiger partial charge in [0.2, 0.25) is 0 Å². The Hall–Kier alpha value is -1.04. The van der Waals surface area contributed by atoms with Gasteiger partial charge in [0, 0.05) is 22.2 Å². The number of nitrogens with zero attached hydrogens (tertiary/aromatic N) is 3. The highest BCUT2D eigenvalue weighted by molar-refractivity contribution is 7.99. The summed E-state index contributed by atoms with van der Waals surface area (Å²) < 4.78 is 1.88. The van der Waals surface area contributed by atoms with Gasteiger partial charge >= 0.3 is 0 Å². The molecule has 0 aliphatic heterocycles. The minimum Gasteiger partial charge on any atom is -0.322 e. The van der Waals surface area contributed by atoms with E-state index in [1.807, 2.05) is 28.9 Å². The zero-order chi connectivity index (χ0) is 13.7. The van der Waals surface area contributed by atoms with E-state index in [0.717, 1.165) is 34.3 Å². The molecular weight excluding hydrogens is 280 g/mol. The normalized spacial score (nSPS) is 12.6. The third-order valence-corrected chi connectivity index (χ3v) is 4.09. The molecule has 1 heterocycles. The van der Waals surface area contributed by atoms with Crippen LogP contribution in [0.4, 0.5) is 0 Å². The Bertz CT molecular complexity index is 512. The molecule has 0 saturated carbocycles. The zero-order valence-electron chi connectivity index (χ0n) is 10.8. The standard InChI is InChI=1S/C13H17ClN4S/c1-2-7-18-13(8-16-17-18)12(15)9-19-11-5-3-10(14)4-6-11/h3-6,8,12H,2,7,9,15H2,1H3. The van der Waals surface area contributed by atoms with Gasteiger partial charge < -0.3 is 5.73 Å². The predicted molar refractivity (Wildman–Crippen MR) is 79.4 cm³/mol. The van der Waals surface area contributed by atoms with E-state index < -0.39 is 0 Å². The summed E-state index contributed by atoms with van der Waals surface area (Å²) in [4.78, 5) is 1.16. The molecule has 0 aliphatic rings. The van der Waals surface area contributed by atoms with Gasteiger partial charge in [0.25, 0.3) is 0 Å². The molecule has 4 nitrogen and oxygen atoms in total. The minimum atomic E-state index is -0.0674. The van der Waals surface area contributed by atoms with E-state index in [2.05, 4.69) is 17.2 Å². The van der Waals surface area contributed by atoms with Crippen molar-refractivity contribution in [2.24, 2.45) is 5.73 Å². The van der Waals surface area contributed by atoms with Crippen molar-refractivity contribution >= 4 is 23.4 Å². The summed E-state index contributed by atoms with van der Waals surface area (Å²) in [6, 6.07) is 7.71. The molecule has 0 aliphatic carbocycles. The van der Waals surface area contributed by atoms with E-state index in [0.29, 0.717) is 0 Å². The molecule has 102 valence electrons. The van der Waals surface area contributed by atoms with Crippen LogP contribution in [0, 0.1) is 0 Å². The largest absolute Gasteiger partial charge is 0.322 e. The first-order valence-corrected chi connectivity index (χ1v) is 7.59. The van der Waals surface area contributed by atoms with Crippen molar-refractivity contribution in [2.75, 3.05) is 5.75 Å². The quantitative estimate of drug-likeness (QED) is 0.832. The fraction of sp³-hybridized carbons (Fsp3) is 0.385. The van der Waals surface area contributed by atoms with Crippen LogP contribution < -0.4 is 5.73 Å². The number of aryl methyl sites for hydroxylation is 1. The lowest BCUT2D eigenvalue weighted by molar-refractivity contribution is 0.539. The first-order chi connectivity index (χ1) is 9.20. The molecule has 0 saturated heterocycles. The van der Waals surface area contributed by atoms with Gasteiger partial charge in [-0.05, 0) is 30.7 Å². The number of benzene rings is 1. The molecule has 2 rings (SSSR count). The second kappa shape index (κ2) is 6.93. The Labute approximate surface area is 122 Å². The van der Waals surface area contributed by atoms with Crippen molar-refractivity contribution in [3.8, 4) is 0 Å². The van der Waals surface area contributed by atoms with Crippen LogP contribution >= 0.6 is 23.4 Å². The summed E-state index contributed by atoms with van der Waals surface area (Å²) in [5.41, 5.74) is 7.19. The number of rotatable bonds is 6. The van der Waals surface area contributed by atoms with E-state index in [1.165, 1.54) is 0 Å². The van der Waals surface area contributed by atoms with E-state index >= 15 is 0 Å². The number of hydrogen-bond donors (Lipinski definition) is 1. The number of nitrogens with two attached hydrogens (primary N) is 1. The van der Waals surface area contributed by atoms with Crippen LogP contribution in [0.25, 0.3) is 0 Å². The first-order valence-electron chi connectivity index (χ1n) is 6.23. The molecule has 1 aromatic carbocycles. The van der Waals surface area contributed by atoms with Gasteiger partial charge in [0.1, 0.15) is 0 Å². The van der Waals surface area contributed by atoms with E-state index in [9.17, 15) is 0 Å². The Kier molecular flexibility index (Phi) is 5.24. The molecule has 0 spiro atoms. The number of aromatic nitrogens is 3. The smallest absolute Gasteiger partial charge is 0.0762 e. The summed E-state index contributed by atoms with van der Waals surface area (Å²) in [5, 5.41) is 8.74. The number of thioether (sulfide) groups is 1. The molecule has 0 radical (unpaired) electrons. The SMILES string of the molecule is CCCn1nncc1C(N)CSc1ccc(Cl)cc1. The Morgan fingerprint density at radius 1 is 1.37 bits per heavy atom. The van der Waals surface area contributed by atoms with Crippen LogP contribution in [-0.2, 0) is 6.54 Å². The Balaban J connectivity index is 1.95. The summed E-state index contributed by atoms with van der Waals surface area (Å²) in [7, 11) is 0. The Morgan fingerprint density at radius 2 is 2.11 bits per heavy atom. The average molecular weight is 297 g/mol. The second-order valence-electron chi connectivity index (χ2n) is 4.25. The lowest BCUT2D eigenvalue weighted by atomic mass is 10.2. The summed E-state index contributed by atoms with van der Waals surface area (Å²) in [5.74, 6) is 0.790. The molecule has 2 aromatic rings. The molecular formula is C13H17ClN4S. The number of halogens is 1. The highest BCUT2D eigenvalue weighted by Gasteiger charge is 2.12. The lowest BCUT2D eigenvalue weighted by Crippen LogP contribution is -2.18. The van der Waals surface area contributed by atoms with Crippen molar-refractivity contribution in [3.63, 3.8) is 0 Å². The van der Waals surface area contributed by atoms with Gasteiger partial charge in [-0.1, -0.05) is 23.7 Å². The fourth-order valence-corrected chi connectivity index (χ4v) is 2.74. The van der Waals surface area contributed by atoms with Gasteiger partial charge in [-0.2, -0.15) is 0 Å². The molecule has 0 bridgehead atoms. The van der Waals surface area contributed by atoms with E-state index in [4.69, 9.17) is 17.3 Å². The maximum absolute atomic E-state index is 6.20. The third kappa shape index (κ3) is 3.96. The maximum Gasteiger partial charge on any atom is 0.0762 e. The second-order valence-corrected chi connectivity index (χ2v) is 5.78. The van der Waals surface area contributed by atoms with Gasteiger partial charge in [0.15, 0.2) is 0 Å². The lowest BCUT2D eigenvalue weighted by Gasteiger charge is -2.12. The van der Waals surface area contributed by atoms with Crippen molar-refractivity contribution < 1.29 is 0 Å². The van der Waals surface area contributed by atoms with Crippen LogP contribution in [0.1, 0.15) is 25.1 Å². The van der Waals surface area contributed by atoms with Crippen molar-refractivity contribution in [2.45, 2.75) is 30.8 Å². The summed E-state index contributed by atoms with van der Waals surface area (Å²) in [6.45, 7) is 2.97. The van der Waals surface area contributed by atoms with Crippen LogP contribution in [0.3, 0.4) is 0 Å². The molecule has 2 N–H and O–H groups in total. The number of hydrogen-bond acceptors (Lipinski definition) is 4. The highest BCUT2D eigenvalue weighted by Crippen LogP contribution is 2.24. The third-order valence-electron chi connectivity index (χ3n) is 2.71. The van der Waals surface area contributed by atoms with Gasteiger partial charge in [0.05, 0.1) is 17.9 Å². The molecule has 1 aromatic heterocycles. The van der Waals surface area contributed by atoms with Gasteiger partial charge in [-0.3, -0.25) is 0 Å². The monoisotopic (exact) mass is 296 g/mol. The molecule has 1 atom stereocenters. The Morgan fingerprint density at radius 3 is 2.79 bits per heavy atom. The van der Waals surface area contributed by atoms with Gasteiger partial charge in [-0.25, -0.2) is 4.68 Å². The van der Waals surface area contributed by atoms with Gasteiger partial charge in [-0.15, -0.1) is 16.9 Å². The van der Waals surface area contributed by atoms with Crippen LogP contribution in [-0.4, -0.2) is 20.7 Å².